The van der Waals surface area contributed by atoms with E-state index in [-0.39, 0.29) is 12.0 Å². The maximum absolute atomic E-state index is 11.1. The molecule has 2 atom stereocenters. The van der Waals surface area contributed by atoms with Crippen molar-refractivity contribution in [1.29, 1.82) is 0 Å². The van der Waals surface area contributed by atoms with Crippen LogP contribution in [0.1, 0.15) is 26.5 Å². The topological polar surface area (TPSA) is 72.6 Å². The molecule has 0 aliphatic carbocycles. The van der Waals surface area contributed by atoms with Crippen molar-refractivity contribution in [2.75, 3.05) is 5.33 Å². The van der Waals surface area contributed by atoms with Crippen LogP contribution in [0.15, 0.2) is 10.6 Å². The number of alkyl halides is 1. The van der Waals surface area contributed by atoms with E-state index in [1.165, 1.54) is 0 Å². The van der Waals surface area contributed by atoms with Gasteiger partial charge in [0, 0.05) is 17.8 Å². The highest BCUT2D eigenvalue weighted by Gasteiger charge is 2.24. The molecular formula is C12H18BrNO4. The predicted octanol–water partition coefficient (Wildman–Crippen LogP) is 2.74. The Labute approximate surface area is 115 Å². The molecule has 5 nitrogen and oxygen atoms in total. The molecule has 1 rings (SSSR count). The van der Waals surface area contributed by atoms with Crippen LogP contribution in [0.3, 0.4) is 0 Å². The summed E-state index contributed by atoms with van der Waals surface area (Å²) in [5.41, 5.74) is 0. The molecule has 0 spiro atoms. The third-order valence-corrected chi connectivity index (χ3v) is 3.53. The summed E-state index contributed by atoms with van der Waals surface area (Å²) in [5.74, 6) is -0.326. The number of rotatable bonds is 7. The zero-order valence-corrected chi connectivity index (χ0v) is 12.3. The molecule has 0 aromatic carbocycles. The van der Waals surface area contributed by atoms with Crippen molar-refractivity contribution < 1.29 is 19.2 Å². The molecule has 2 unspecified atom stereocenters. The van der Waals surface area contributed by atoms with E-state index in [0.29, 0.717) is 23.4 Å². The lowest BCUT2D eigenvalue weighted by Crippen LogP contribution is -2.21. The molecule has 0 radical (unpaired) electrons. The normalized spacial score (nSPS) is 14.5. The first-order valence-electron chi connectivity index (χ1n) is 5.85. The number of hydrogen-bond donors (Lipinski definition) is 1. The second kappa shape index (κ2) is 6.78. The molecule has 0 aliphatic heterocycles. The quantitative estimate of drug-likeness (QED) is 0.782. The minimum Gasteiger partial charge on any atom is -0.481 e. The van der Waals surface area contributed by atoms with Gasteiger partial charge in [0.1, 0.15) is 11.9 Å². The van der Waals surface area contributed by atoms with Gasteiger partial charge >= 0.3 is 5.97 Å². The van der Waals surface area contributed by atoms with E-state index in [9.17, 15) is 4.79 Å². The number of carboxylic acids is 1. The zero-order chi connectivity index (χ0) is 13.7. The molecule has 0 fully saturated rings. The molecule has 0 amide bonds. The summed E-state index contributed by atoms with van der Waals surface area (Å²) in [6, 6.07) is 1.65. The number of nitrogens with zero attached hydrogens (tertiary/aromatic N) is 1. The van der Waals surface area contributed by atoms with E-state index in [2.05, 4.69) is 21.1 Å². The predicted molar refractivity (Wildman–Crippen MR) is 70.1 cm³/mol. The molecule has 0 aliphatic rings. The number of ether oxygens (including phenoxy) is 1. The van der Waals surface area contributed by atoms with E-state index in [1.54, 1.807) is 6.07 Å². The molecular weight excluding hydrogens is 302 g/mol. The molecule has 1 N–H and O–H groups in total. The zero-order valence-electron chi connectivity index (χ0n) is 10.7. The Morgan fingerprint density at radius 1 is 1.56 bits per heavy atom. The van der Waals surface area contributed by atoms with Crippen LogP contribution in [-0.2, 0) is 11.2 Å². The number of aliphatic carboxylic acids is 1. The molecule has 0 saturated heterocycles. The number of carboxylic acid groups (broad SMARTS) is 1. The Hall–Kier alpha value is -1.04. The highest BCUT2D eigenvalue weighted by atomic mass is 79.9. The van der Waals surface area contributed by atoms with Gasteiger partial charge in [-0.2, -0.15) is 0 Å². The molecule has 18 heavy (non-hydrogen) atoms. The van der Waals surface area contributed by atoms with E-state index >= 15 is 0 Å². The van der Waals surface area contributed by atoms with Gasteiger partial charge in [0.15, 0.2) is 0 Å². The summed E-state index contributed by atoms with van der Waals surface area (Å²) < 4.78 is 10.5. The Morgan fingerprint density at radius 2 is 2.22 bits per heavy atom. The van der Waals surface area contributed by atoms with Gasteiger partial charge in [-0.15, -0.1) is 0 Å². The third kappa shape index (κ3) is 4.33. The second-order valence-corrected chi connectivity index (χ2v) is 5.25. The van der Waals surface area contributed by atoms with Crippen LogP contribution >= 0.6 is 15.9 Å². The van der Waals surface area contributed by atoms with Crippen molar-refractivity contribution in [2.24, 2.45) is 11.8 Å². The lowest BCUT2D eigenvalue weighted by atomic mass is 9.92. The molecule has 1 aromatic heterocycles. The summed E-state index contributed by atoms with van der Waals surface area (Å²) in [6.45, 7) is 5.65. The minimum atomic E-state index is -0.822. The first kappa shape index (κ1) is 15.0. The van der Waals surface area contributed by atoms with Crippen LogP contribution in [0.5, 0.6) is 5.88 Å². The molecule has 102 valence electrons. The van der Waals surface area contributed by atoms with Crippen LogP contribution in [-0.4, -0.2) is 27.7 Å². The average Bonchev–Trinajstić information content (AvgIpc) is 2.72. The lowest BCUT2D eigenvalue weighted by Gasteiger charge is -2.13. The fourth-order valence-corrected chi connectivity index (χ4v) is 1.64. The van der Waals surface area contributed by atoms with E-state index < -0.39 is 11.9 Å². The van der Waals surface area contributed by atoms with Crippen molar-refractivity contribution in [2.45, 2.75) is 33.3 Å². The van der Waals surface area contributed by atoms with Gasteiger partial charge in [0.2, 0.25) is 0 Å². The van der Waals surface area contributed by atoms with Crippen molar-refractivity contribution in [3.8, 4) is 5.88 Å². The number of hydrogen-bond acceptors (Lipinski definition) is 4. The van der Waals surface area contributed by atoms with Gasteiger partial charge in [0.25, 0.3) is 5.88 Å². The SMILES string of the molecule is CC(CBr)Oc1cc(CC(C(=O)O)C(C)C)on1. The molecule has 0 saturated carbocycles. The summed E-state index contributed by atoms with van der Waals surface area (Å²) in [4.78, 5) is 11.1. The third-order valence-electron chi connectivity index (χ3n) is 2.62. The summed E-state index contributed by atoms with van der Waals surface area (Å²) in [5, 5.41) is 13.6. The van der Waals surface area contributed by atoms with Gasteiger partial charge in [-0.1, -0.05) is 29.8 Å². The number of carbonyl (C=O) groups is 1. The van der Waals surface area contributed by atoms with E-state index in [0.717, 1.165) is 0 Å². The van der Waals surface area contributed by atoms with Gasteiger partial charge in [-0.3, -0.25) is 4.79 Å². The fraction of sp³-hybridized carbons (Fsp3) is 0.667. The van der Waals surface area contributed by atoms with Crippen molar-refractivity contribution in [3.63, 3.8) is 0 Å². The monoisotopic (exact) mass is 319 g/mol. The Bertz CT molecular complexity index is 391. The lowest BCUT2D eigenvalue weighted by molar-refractivity contribution is -0.143. The maximum atomic E-state index is 11.1. The first-order chi connectivity index (χ1) is 8.43. The molecule has 6 heteroatoms. The second-order valence-electron chi connectivity index (χ2n) is 4.61. The van der Waals surface area contributed by atoms with Gasteiger partial charge in [-0.25, -0.2) is 0 Å². The maximum Gasteiger partial charge on any atom is 0.307 e. The highest BCUT2D eigenvalue weighted by Crippen LogP contribution is 2.21. The van der Waals surface area contributed by atoms with Gasteiger partial charge in [0.05, 0.1) is 5.92 Å². The van der Waals surface area contributed by atoms with Crippen molar-refractivity contribution >= 4 is 21.9 Å². The van der Waals surface area contributed by atoms with Crippen LogP contribution in [0.4, 0.5) is 0 Å². The van der Waals surface area contributed by atoms with Crippen molar-refractivity contribution in [3.05, 3.63) is 11.8 Å². The Morgan fingerprint density at radius 3 is 2.72 bits per heavy atom. The van der Waals surface area contributed by atoms with Gasteiger partial charge < -0.3 is 14.4 Å². The smallest absolute Gasteiger partial charge is 0.307 e. The minimum absolute atomic E-state index is 0.0108. The Balaban J connectivity index is 2.65. The standard InChI is InChI=1S/C12H18BrNO4/c1-7(2)10(12(15)16)4-9-5-11(14-18-9)17-8(3)6-13/h5,7-8,10H,4,6H2,1-3H3,(H,15,16). The molecule has 1 heterocycles. The van der Waals surface area contributed by atoms with Crippen LogP contribution in [0, 0.1) is 11.8 Å². The summed E-state index contributed by atoms with van der Waals surface area (Å²) in [6.07, 6.45) is 0.315. The fourth-order valence-electron chi connectivity index (χ4n) is 1.51. The van der Waals surface area contributed by atoms with Crippen molar-refractivity contribution in [1.82, 2.24) is 5.16 Å². The largest absolute Gasteiger partial charge is 0.481 e. The molecule has 1 aromatic rings. The average molecular weight is 320 g/mol. The van der Waals surface area contributed by atoms with Crippen LogP contribution in [0.2, 0.25) is 0 Å². The Kier molecular flexibility index (Phi) is 5.65. The number of aromatic nitrogens is 1. The number of halogens is 1. The first-order valence-corrected chi connectivity index (χ1v) is 6.97. The highest BCUT2D eigenvalue weighted by molar-refractivity contribution is 9.09. The van der Waals surface area contributed by atoms with E-state index in [1.807, 2.05) is 20.8 Å². The summed E-state index contributed by atoms with van der Waals surface area (Å²) in [7, 11) is 0. The van der Waals surface area contributed by atoms with Gasteiger partial charge in [-0.05, 0) is 18.0 Å². The van der Waals surface area contributed by atoms with Crippen LogP contribution in [0.25, 0.3) is 0 Å². The van der Waals surface area contributed by atoms with E-state index in [4.69, 9.17) is 14.4 Å². The van der Waals surface area contributed by atoms with Crippen LogP contribution < -0.4 is 4.74 Å². The molecule has 0 bridgehead atoms. The summed E-state index contributed by atoms with van der Waals surface area (Å²) >= 11 is 3.30.